The van der Waals surface area contributed by atoms with E-state index in [0.29, 0.717) is 23.6 Å². The van der Waals surface area contributed by atoms with Gasteiger partial charge in [0.1, 0.15) is 0 Å². The Morgan fingerprint density at radius 3 is 2.67 bits per heavy atom. The van der Waals surface area contributed by atoms with Crippen molar-refractivity contribution in [3.63, 3.8) is 0 Å². The van der Waals surface area contributed by atoms with Gasteiger partial charge in [-0.1, -0.05) is 24.1 Å². The number of fused-ring (bicyclic) bond motifs is 1. The summed E-state index contributed by atoms with van der Waals surface area (Å²) in [6, 6.07) is 8.85. The molecule has 30 heavy (non-hydrogen) atoms. The second-order valence-electron chi connectivity index (χ2n) is 6.98. The lowest BCUT2D eigenvalue weighted by molar-refractivity contribution is 0.653. The van der Waals surface area contributed by atoms with E-state index in [1.54, 1.807) is 42.8 Å². The molecule has 3 rings (SSSR count). The number of nitrogens with two attached hydrogens (primary N) is 1. The third-order valence-corrected chi connectivity index (χ3v) is 4.69. The van der Waals surface area contributed by atoms with Crippen molar-refractivity contribution in [2.75, 3.05) is 11.9 Å². The average Bonchev–Trinajstić information content (AvgIpc) is 3.11. The van der Waals surface area contributed by atoms with Crippen LogP contribution in [0.4, 0.5) is 5.95 Å². The van der Waals surface area contributed by atoms with Gasteiger partial charge in [-0.3, -0.25) is 18.5 Å². The second-order valence-corrected chi connectivity index (χ2v) is 6.98. The molecule has 154 valence electrons. The number of hydrogen-bond donors (Lipinski definition) is 2. The minimum atomic E-state index is -0.509. The number of imidazole rings is 1. The molecular weight excluding hydrogens is 382 g/mol. The van der Waals surface area contributed by atoms with Gasteiger partial charge in [0.05, 0.1) is 24.7 Å². The van der Waals surface area contributed by atoms with Gasteiger partial charge < -0.3 is 11.1 Å². The van der Waals surface area contributed by atoms with E-state index in [1.165, 1.54) is 4.57 Å². The molecule has 1 unspecified atom stereocenters. The van der Waals surface area contributed by atoms with Crippen LogP contribution >= 0.6 is 0 Å². The lowest BCUT2D eigenvalue weighted by Crippen LogP contribution is -2.40. The highest BCUT2D eigenvalue weighted by Crippen LogP contribution is 2.16. The van der Waals surface area contributed by atoms with Crippen molar-refractivity contribution in [3.05, 3.63) is 56.2 Å². The van der Waals surface area contributed by atoms with Crippen LogP contribution in [0.3, 0.4) is 0 Å². The molecule has 0 amide bonds. The number of nitriles is 1. The minimum Gasteiger partial charge on any atom is -0.354 e. The van der Waals surface area contributed by atoms with E-state index in [2.05, 4.69) is 28.2 Å². The van der Waals surface area contributed by atoms with E-state index in [9.17, 15) is 14.9 Å². The monoisotopic (exact) mass is 405 g/mol. The van der Waals surface area contributed by atoms with Crippen molar-refractivity contribution in [3.8, 4) is 17.9 Å². The van der Waals surface area contributed by atoms with Gasteiger partial charge in [0, 0.05) is 19.6 Å². The molecule has 1 atom stereocenters. The van der Waals surface area contributed by atoms with Gasteiger partial charge in [0.2, 0.25) is 5.95 Å². The fourth-order valence-corrected chi connectivity index (χ4v) is 3.15. The van der Waals surface area contributed by atoms with Gasteiger partial charge in [-0.05, 0) is 25.5 Å². The van der Waals surface area contributed by atoms with Gasteiger partial charge in [-0.2, -0.15) is 10.2 Å². The van der Waals surface area contributed by atoms with Crippen molar-refractivity contribution < 1.29 is 0 Å². The molecule has 2 aromatic heterocycles. The first-order chi connectivity index (χ1) is 14.4. The standard InChI is InChI=1S/C21H23N7O2/c1-4-5-10-27-17-18(25-20(27)24-12-14(2)23)26(3)21(30)28(19(17)29)13-16-9-7-6-8-15(16)11-22/h6-9,14H,10,12-13,23H2,1-3H3,(H,24,25). The number of nitrogens with one attached hydrogen (secondary N) is 1. The summed E-state index contributed by atoms with van der Waals surface area (Å²) >= 11 is 0. The van der Waals surface area contributed by atoms with Gasteiger partial charge in [-0.15, -0.1) is 5.92 Å². The highest BCUT2D eigenvalue weighted by Gasteiger charge is 2.20. The summed E-state index contributed by atoms with van der Waals surface area (Å²) in [5, 5.41) is 12.5. The number of anilines is 1. The number of hydrogen-bond acceptors (Lipinski definition) is 6. The van der Waals surface area contributed by atoms with Crippen LogP contribution in [-0.2, 0) is 20.1 Å². The molecule has 1 aromatic carbocycles. The molecule has 0 spiro atoms. The SMILES string of the molecule is CC#CCn1c(NCC(C)N)nc2c1c(=O)n(Cc1ccccc1C#N)c(=O)n2C. The summed E-state index contributed by atoms with van der Waals surface area (Å²) in [4.78, 5) is 30.7. The average molecular weight is 405 g/mol. The first-order valence-corrected chi connectivity index (χ1v) is 9.46. The largest absolute Gasteiger partial charge is 0.354 e. The predicted octanol–water partition coefficient (Wildman–Crippen LogP) is 0.599. The summed E-state index contributed by atoms with van der Waals surface area (Å²) in [7, 11) is 1.56. The Bertz CT molecular complexity index is 1310. The molecule has 0 aliphatic rings. The quantitative estimate of drug-likeness (QED) is 0.579. The summed E-state index contributed by atoms with van der Waals surface area (Å²) in [6.45, 7) is 4.22. The zero-order chi connectivity index (χ0) is 21.8. The maximum atomic E-state index is 13.3. The minimum absolute atomic E-state index is 0.0155. The Hall–Kier alpha value is -3.82. The van der Waals surface area contributed by atoms with E-state index >= 15 is 0 Å². The second kappa shape index (κ2) is 8.68. The Morgan fingerprint density at radius 1 is 1.27 bits per heavy atom. The van der Waals surface area contributed by atoms with Crippen molar-refractivity contribution in [1.82, 2.24) is 18.7 Å². The number of nitrogens with zero attached hydrogens (tertiary/aromatic N) is 5. The molecule has 0 saturated heterocycles. The number of aryl methyl sites for hydroxylation is 1. The predicted molar refractivity (Wildman–Crippen MR) is 115 cm³/mol. The molecular formula is C21H23N7O2. The van der Waals surface area contributed by atoms with Gasteiger partial charge in [0.15, 0.2) is 11.2 Å². The molecule has 0 aliphatic heterocycles. The van der Waals surface area contributed by atoms with Crippen LogP contribution in [0.15, 0.2) is 33.9 Å². The Morgan fingerprint density at radius 2 is 2.00 bits per heavy atom. The molecule has 0 aliphatic carbocycles. The summed E-state index contributed by atoms with van der Waals surface area (Å²) < 4.78 is 4.10. The Labute approximate surface area is 173 Å². The smallest absolute Gasteiger partial charge is 0.332 e. The first kappa shape index (κ1) is 20.9. The van der Waals surface area contributed by atoms with Crippen LogP contribution in [0.5, 0.6) is 0 Å². The van der Waals surface area contributed by atoms with Crippen LogP contribution in [0, 0.1) is 23.2 Å². The van der Waals surface area contributed by atoms with E-state index < -0.39 is 11.2 Å². The molecule has 0 fully saturated rings. The number of benzene rings is 1. The summed E-state index contributed by atoms with van der Waals surface area (Å²) in [5.41, 5.74) is 6.37. The lowest BCUT2D eigenvalue weighted by atomic mass is 10.1. The molecule has 9 nitrogen and oxygen atoms in total. The third kappa shape index (κ3) is 3.84. The molecule has 2 heterocycles. The highest BCUT2D eigenvalue weighted by atomic mass is 16.2. The highest BCUT2D eigenvalue weighted by molar-refractivity contribution is 5.74. The summed E-state index contributed by atoms with van der Waals surface area (Å²) in [5.74, 6) is 6.18. The lowest BCUT2D eigenvalue weighted by Gasteiger charge is -2.11. The topological polar surface area (TPSA) is 124 Å². The van der Waals surface area contributed by atoms with E-state index in [-0.39, 0.29) is 30.3 Å². The van der Waals surface area contributed by atoms with Crippen LogP contribution in [0.25, 0.3) is 11.2 Å². The van der Waals surface area contributed by atoms with Crippen molar-refractivity contribution >= 4 is 17.1 Å². The third-order valence-electron chi connectivity index (χ3n) is 4.69. The molecule has 3 N–H and O–H groups in total. The van der Waals surface area contributed by atoms with Gasteiger partial charge in [-0.25, -0.2) is 4.79 Å². The van der Waals surface area contributed by atoms with Crippen LogP contribution in [0.1, 0.15) is 25.0 Å². The van der Waals surface area contributed by atoms with Gasteiger partial charge >= 0.3 is 5.69 Å². The normalized spacial score (nSPS) is 11.6. The fourth-order valence-electron chi connectivity index (χ4n) is 3.15. The molecule has 0 radical (unpaired) electrons. The summed E-state index contributed by atoms with van der Waals surface area (Å²) in [6.07, 6.45) is 0. The first-order valence-electron chi connectivity index (χ1n) is 9.46. The van der Waals surface area contributed by atoms with Crippen LogP contribution < -0.4 is 22.3 Å². The molecule has 9 heteroatoms. The number of rotatable bonds is 6. The Kier molecular flexibility index (Phi) is 6.05. The van der Waals surface area contributed by atoms with Crippen molar-refractivity contribution in [1.29, 1.82) is 5.26 Å². The zero-order valence-corrected chi connectivity index (χ0v) is 17.1. The van der Waals surface area contributed by atoms with Crippen LogP contribution in [0.2, 0.25) is 0 Å². The van der Waals surface area contributed by atoms with Crippen molar-refractivity contribution in [2.24, 2.45) is 12.8 Å². The molecule has 0 bridgehead atoms. The molecule has 0 saturated carbocycles. The van der Waals surface area contributed by atoms with Crippen molar-refractivity contribution in [2.45, 2.75) is 33.0 Å². The maximum absolute atomic E-state index is 13.3. The van der Waals surface area contributed by atoms with E-state index in [1.807, 2.05) is 6.92 Å². The maximum Gasteiger partial charge on any atom is 0.332 e. The zero-order valence-electron chi connectivity index (χ0n) is 17.1. The fraction of sp³-hybridized carbons (Fsp3) is 0.333. The van der Waals surface area contributed by atoms with Gasteiger partial charge in [0.25, 0.3) is 5.56 Å². The number of aromatic nitrogens is 4. The Balaban J connectivity index is 2.25. The molecule has 3 aromatic rings. The van der Waals surface area contributed by atoms with E-state index in [0.717, 1.165) is 4.57 Å². The van der Waals surface area contributed by atoms with Crippen LogP contribution in [-0.4, -0.2) is 31.3 Å². The van der Waals surface area contributed by atoms with E-state index in [4.69, 9.17) is 5.73 Å².